The van der Waals surface area contributed by atoms with Gasteiger partial charge in [-0.2, -0.15) is 0 Å². The van der Waals surface area contributed by atoms with Crippen LogP contribution in [0.5, 0.6) is 11.5 Å². The Morgan fingerprint density at radius 1 is 1.24 bits per heavy atom. The van der Waals surface area contributed by atoms with Crippen molar-refractivity contribution in [1.82, 2.24) is 10.2 Å². The lowest BCUT2D eigenvalue weighted by Gasteiger charge is -2.19. The average Bonchev–Trinajstić information content (AvgIpc) is 3.39. The van der Waals surface area contributed by atoms with E-state index < -0.39 is 29.9 Å². The molecule has 0 spiro atoms. The third kappa shape index (κ3) is 3.08. The van der Waals surface area contributed by atoms with E-state index in [2.05, 4.69) is 10.6 Å². The second-order valence-electron chi connectivity index (χ2n) is 6.78. The van der Waals surface area contributed by atoms with E-state index in [1.165, 1.54) is 32.2 Å². The van der Waals surface area contributed by atoms with Crippen molar-refractivity contribution in [2.75, 3.05) is 18.7 Å². The van der Waals surface area contributed by atoms with Gasteiger partial charge in [-0.25, -0.2) is 4.79 Å². The highest BCUT2D eigenvalue weighted by Crippen LogP contribution is 2.37. The second kappa shape index (κ2) is 6.66. The minimum Gasteiger partial charge on any atom is -0.466 e. The summed E-state index contributed by atoms with van der Waals surface area (Å²) in [6.07, 6.45) is 1.39. The number of fused-ring (bicyclic) bond motifs is 1. The lowest BCUT2D eigenvalue weighted by Crippen LogP contribution is -2.41. The zero-order valence-corrected chi connectivity index (χ0v) is 15.6. The van der Waals surface area contributed by atoms with E-state index in [-0.39, 0.29) is 29.6 Å². The number of Topliss-reactive ketones (excluding diaryl/α,β-unsaturated/α-hetero) is 1. The molecular formula is C19H17N3O7. The molecule has 1 unspecified atom stereocenters. The molecule has 3 heterocycles. The highest BCUT2D eigenvalue weighted by Gasteiger charge is 2.51. The molecule has 1 aromatic heterocycles. The molecule has 29 heavy (non-hydrogen) atoms. The Kier molecular flexibility index (Phi) is 4.26. The molecule has 0 aliphatic carbocycles. The van der Waals surface area contributed by atoms with Crippen LogP contribution in [0, 0.1) is 0 Å². The van der Waals surface area contributed by atoms with Gasteiger partial charge in [-0.05, 0) is 32.0 Å². The zero-order chi connectivity index (χ0) is 20.8. The van der Waals surface area contributed by atoms with E-state index in [9.17, 15) is 19.2 Å². The van der Waals surface area contributed by atoms with Gasteiger partial charge in [-0.1, -0.05) is 0 Å². The smallest absolute Gasteiger partial charge is 0.325 e. The van der Waals surface area contributed by atoms with Crippen molar-refractivity contribution in [2.24, 2.45) is 0 Å². The van der Waals surface area contributed by atoms with E-state index in [1.807, 2.05) is 0 Å². The first kappa shape index (κ1) is 18.5. The molecule has 2 aliphatic rings. The second-order valence-corrected chi connectivity index (χ2v) is 6.78. The third-order valence-electron chi connectivity index (χ3n) is 4.76. The van der Waals surface area contributed by atoms with Gasteiger partial charge in [0.1, 0.15) is 12.3 Å². The summed E-state index contributed by atoms with van der Waals surface area (Å²) in [4.78, 5) is 50.3. The fourth-order valence-corrected chi connectivity index (χ4v) is 3.24. The van der Waals surface area contributed by atoms with E-state index in [1.54, 1.807) is 12.1 Å². The summed E-state index contributed by atoms with van der Waals surface area (Å²) in [6, 6.07) is 5.38. The van der Waals surface area contributed by atoms with Crippen molar-refractivity contribution in [3.8, 4) is 11.5 Å². The SMILES string of the molecule is CC(=O)c1cc2c(cc1NC(=O)CN1C(=O)NC(C)(c3ccco3)C1=O)OCO2. The normalized spacial score (nSPS) is 20.0. The van der Waals surface area contributed by atoms with Crippen LogP contribution in [0.3, 0.4) is 0 Å². The van der Waals surface area contributed by atoms with Crippen molar-refractivity contribution in [3.63, 3.8) is 0 Å². The molecule has 1 fully saturated rings. The highest BCUT2D eigenvalue weighted by atomic mass is 16.7. The third-order valence-corrected chi connectivity index (χ3v) is 4.76. The number of nitrogens with zero attached hydrogens (tertiary/aromatic N) is 1. The Morgan fingerprint density at radius 2 is 1.97 bits per heavy atom. The van der Waals surface area contributed by atoms with Gasteiger partial charge in [0.2, 0.25) is 12.7 Å². The van der Waals surface area contributed by atoms with Crippen molar-refractivity contribution in [2.45, 2.75) is 19.4 Å². The summed E-state index contributed by atoms with van der Waals surface area (Å²) >= 11 is 0. The summed E-state index contributed by atoms with van der Waals surface area (Å²) in [7, 11) is 0. The lowest BCUT2D eigenvalue weighted by molar-refractivity contribution is -0.134. The molecule has 0 bridgehead atoms. The van der Waals surface area contributed by atoms with Gasteiger partial charge < -0.3 is 24.5 Å². The number of amides is 4. The molecule has 10 nitrogen and oxygen atoms in total. The largest absolute Gasteiger partial charge is 0.466 e. The summed E-state index contributed by atoms with van der Waals surface area (Å²) in [5, 5.41) is 5.10. The van der Waals surface area contributed by atoms with Crippen LogP contribution in [0.1, 0.15) is 30.0 Å². The number of anilines is 1. The van der Waals surface area contributed by atoms with Crippen LogP contribution >= 0.6 is 0 Å². The topological polar surface area (TPSA) is 127 Å². The molecule has 10 heteroatoms. The first-order valence-corrected chi connectivity index (χ1v) is 8.72. The van der Waals surface area contributed by atoms with Crippen LogP contribution < -0.4 is 20.1 Å². The lowest BCUT2D eigenvalue weighted by atomic mass is 9.99. The van der Waals surface area contributed by atoms with Gasteiger partial charge in [0.15, 0.2) is 22.8 Å². The Labute approximate surface area is 164 Å². The van der Waals surface area contributed by atoms with Crippen LogP contribution in [0.15, 0.2) is 34.9 Å². The number of carbonyl (C=O) groups is 4. The number of ether oxygens (including phenoxy) is 2. The van der Waals surface area contributed by atoms with Gasteiger partial charge >= 0.3 is 6.03 Å². The number of nitrogens with one attached hydrogen (secondary N) is 2. The molecule has 1 aromatic carbocycles. The van der Waals surface area contributed by atoms with Crippen LogP contribution in [-0.2, 0) is 15.1 Å². The molecule has 150 valence electrons. The standard InChI is InChI=1S/C19H17N3O7/c1-10(23)11-6-13-14(29-9-28-13)7-12(11)20-16(24)8-22-17(25)19(2,21-18(22)26)15-4-3-5-27-15/h3-7H,8-9H2,1-2H3,(H,20,24)(H,21,26). The summed E-state index contributed by atoms with van der Waals surface area (Å²) in [5.41, 5.74) is -0.975. The molecule has 1 saturated heterocycles. The summed E-state index contributed by atoms with van der Waals surface area (Å²) in [5.74, 6) is -0.529. The number of urea groups is 1. The van der Waals surface area contributed by atoms with Gasteiger partial charge in [-0.15, -0.1) is 0 Å². The maximum atomic E-state index is 12.8. The molecule has 2 aliphatic heterocycles. The number of imide groups is 1. The number of hydrogen-bond acceptors (Lipinski definition) is 7. The maximum Gasteiger partial charge on any atom is 0.325 e. The van der Waals surface area contributed by atoms with Gasteiger partial charge in [-0.3, -0.25) is 19.3 Å². The Hall–Kier alpha value is -3.82. The fourth-order valence-electron chi connectivity index (χ4n) is 3.24. The number of benzene rings is 1. The van der Waals surface area contributed by atoms with Gasteiger partial charge in [0, 0.05) is 11.6 Å². The fraction of sp³-hybridized carbons (Fsp3) is 0.263. The first-order chi connectivity index (χ1) is 13.8. The molecule has 0 radical (unpaired) electrons. The van der Waals surface area contributed by atoms with Crippen LogP contribution in [0.25, 0.3) is 0 Å². The van der Waals surface area contributed by atoms with Gasteiger partial charge in [0.05, 0.1) is 12.0 Å². The molecule has 2 aromatic rings. The van der Waals surface area contributed by atoms with E-state index in [4.69, 9.17) is 13.9 Å². The maximum absolute atomic E-state index is 12.8. The minimum absolute atomic E-state index is 0.0118. The monoisotopic (exact) mass is 399 g/mol. The molecule has 4 rings (SSSR count). The van der Waals surface area contributed by atoms with E-state index >= 15 is 0 Å². The molecule has 4 amide bonds. The molecule has 2 N–H and O–H groups in total. The van der Waals surface area contributed by atoms with Crippen LogP contribution in [-0.4, -0.2) is 41.9 Å². The van der Waals surface area contributed by atoms with Crippen molar-refractivity contribution < 1.29 is 33.1 Å². The van der Waals surface area contributed by atoms with Crippen molar-refractivity contribution in [1.29, 1.82) is 0 Å². The van der Waals surface area contributed by atoms with E-state index in [0.29, 0.717) is 11.5 Å². The summed E-state index contributed by atoms with van der Waals surface area (Å²) < 4.78 is 15.8. The predicted molar refractivity (Wildman–Crippen MR) is 97.5 cm³/mol. The number of furan rings is 1. The minimum atomic E-state index is -1.40. The number of rotatable bonds is 5. The van der Waals surface area contributed by atoms with Crippen molar-refractivity contribution >= 4 is 29.3 Å². The Bertz CT molecular complexity index is 1030. The number of carbonyl (C=O) groups excluding carboxylic acids is 4. The summed E-state index contributed by atoms with van der Waals surface area (Å²) in [6.45, 7) is 2.32. The first-order valence-electron chi connectivity index (χ1n) is 8.72. The average molecular weight is 399 g/mol. The molecule has 1 atom stereocenters. The zero-order valence-electron chi connectivity index (χ0n) is 15.6. The van der Waals surface area contributed by atoms with Crippen LogP contribution in [0.4, 0.5) is 10.5 Å². The predicted octanol–water partition coefficient (Wildman–Crippen LogP) is 1.62. The quantitative estimate of drug-likeness (QED) is 0.578. The molecular weight excluding hydrogens is 382 g/mol. The Balaban J connectivity index is 1.53. The highest BCUT2D eigenvalue weighted by molar-refractivity contribution is 6.11. The van der Waals surface area contributed by atoms with E-state index in [0.717, 1.165) is 4.90 Å². The number of hydrogen-bond donors (Lipinski definition) is 2. The van der Waals surface area contributed by atoms with Crippen molar-refractivity contribution in [3.05, 3.63) is 41.9 Å². The van der Waals surface area contributed by atoms with Crippen LogP contribution in [0.2, 0.25) is 0 Å². The van der Waals surface area contributed by atoms with Gasteiger partial charge in [0.25, 0.3) is 5.91 Å². The molecule has 0 saturated carbocycles. The Morgan fingerprint density at radius 3 is 2.62 bits per heavy atom. The number of ketones is 1.